The quantitative estimate of drug-likeness (QED) is 0.645. The van der Waals surface area contributed by atoms with Gasteiger partial charge in [0.05, 0.1) is 18.9 Å². The first-order chi connectivity index (χ1) is 10.3. The van der Waals surface area contributed by atoms with Crippen molar-refractivity contribution < 1.29 is 14.3 Å². The topological polar surface area (TPSA) is 103 Å². The molecule has 0 radical (unpaired) electrons. The Labute approximate surface area is 130 Å². The van der Waals surface area contributed by atoms with Crippen LogP contribution in [0.25, 0.3) is 0 Å². The Morgan fingerprint density at radius 1 is 1.41 bits per heavy atom. The minimum absolute atomic E-state index is 0.0609. The lowest BCUT2D eigenvalue weighted by Gasteiger charge is -2.26. The van der Waals surface area contributed by atoms with Crippen LogP contribution in [-0.4, -0.2) is 45.3 Å². The van der Waals surface area contributed by atoms with Gasteiger partial charge in [0.25, 0.3) is 0 Å². The number of hydrazine groups is 1. The van der Waals surface area contributed by atoms with E-state index in [1.807, 2.05) is 27.7 Å². The summed E-state index contributed by atoms with van der Waals surface area (Å²) >= 11 is 0. The standard InChI is InChI=1S/C14H23N5O3/c1-9-5-10(8-19(9)13(20)22-14(2,3)4)21-11-6-16-12(18-15)17-7-11/h6-7,9-10H,5,8,15H2,1-4H3,(H,16,17,18). The molecule has 1 saturated heterocycles. The van der Waals surface area contributed by atoms with E-state index in [1.54, 1.807) is 17.3 Å². The highest BCUT2D eigenvalue weighted by Crippen LogP contribution is 2.24. The SMILES string of the molecule is CC1CC(Oc2cnc(NN)nc2)CN1C(=O)OC(C)(C)C. The number of likely N-dealkylation sites (tertiary alicyclic amines) is 1. The molecule has 1 aromatic rings. The summed E-state index contributed by atoms with van der Waals surface area (Å²) in [6, 6.07) is 0.0609. The van der Waals surface area contributed by atoms with Crippen molar-refractivity contribution in [1.82, 2.24) is 14.9 Å². The zero-order valence-electron chi connectivity index (χ0n) is 13.4. The number of aromatic nitrogens is 2. The van der Waals surface area contributed by atoms with E-state index < -0.39 is 5.60 Å². The van der Waals surface area contributed by atoms with Gasteiger partial charge in [-0.3, -0.25) is 5.43 Å². The van der Waals surface area contributed by atoms with Crippen LogP contribution in [0.5, 0.6) is 5.75 Å². The van der Waals surface area contributed by atoms with Gasteiger partial charge in [-0.1, -0.05) is 0 Å². The first-order valence-electron chi connectivity index (χ1n) is 7.23. The van der Waals surface area contributed by atoms with Crippen molar-refractivity contribution in [1.29, 1.82) is 0 Å². The highest BCUT2D eigenvalue weighted by atomic mass is 16.6. The number of carbonyl (C=O) groups is 1. The van der Waals surface area contributed by atoms with E-state index in [0.29, 0.717) is 18.2 Å². The molecular formula is C14H23N5O3. The largest absolute Gasteiger partial charge is 0.485 e. The van der Waals surface area contributed by atoms with Gasteiger partial charge in [-0.05, 0) is 27.7 Å². The third-order valence-corrected chi connectivity index (χ3v) is 3.22. The predicted octanol–water partition coefficient (Wildman–Crippen LogP) is 1.54. The number of nitrogen functional groups attached to an aromatic ring is 1. The van der Waals surface area contributed by atoms with Crippen LogP contribution in [0.3, 0.4) is 0 Å². The zero-order chi connectivity index (χ0) is 16.3. The van der Waals surface area contributed by atoms with Crippen LogP contribution in [0.4, 0.5) is 10.7 Å². The molecule has 22 heavy (non-hydrogen) atoms. The van der Waals surface area contributed by atoms with Gasteiger partial charge in [0.2, 0.25) is 5.95 Å². The van der Waals surface area contributed by atoms with Crippen LogP contribution in [0.2, 0.25) is 0 Å². The van der Waals surface area contributed by atoms with Gasteiger partial charge in [-0.25, -0.2) is 20.6 Å². The molecule has 1 aliphatic heterocycles. The summed E-state index contributed by atoms with van der Waals surface area (Å²) in [7, 11) is 0. The van der Waals surface area contributed by atoms with E-state index in [2.05, 4.69) is 15.4 Å². The number of hydrogen-bond acceptors (Lipinski definition) is 7. The Hall–Kier alpha value is -2.09. The molecule has 0 spiro atoms. The smallest absolute Gasteiger partial charge is 0.410 e. The van der Waals surface area contributed by atoms with E-state index in [0.717, 1.165) is 6.42 Å². The number of hydrogen-bond donors (Lipinski definition) is 2. The number of anilines is 1. The second-order valence-electron chi connectivity index (χ2n) is 6.34. The monoisotopic (exact) mass is 309 g/mol. The summed E-state index contributed by atoms with van der Waals surface area (Å²) in [6.45, 7) is 8.01. The molecule has 8 nitrogen and oxygen atoms in total. The Morgan fingerprint density at radius 3 is 2.59 bits per heavy atom. The Morgan fingerprint density at radius 2 is 2.05 bits per heavy atom. The van der Waals surface area contributed by atoms with E-state index >= 15 is 0 Å². The molecule has 2 rings (SSSR count). The van der Waals surface area contributed by atoms with Crippen molar-refractivity contribution in [2.75, 3.05) is 12.0 Å². The molecule has 0 bridgehead atoms. The van der Waals surface area contributed by atoms with Gasteiger partial charge in [0.15, 0.2) is 5.75 Å². The van der Waals surface area contributed by atoms with Gasteiger partial charge in [0.1, 0.15) is 11.7 Å². The van der Waals surface area contributed by atoms with E-state index in [4.69, 9.17) is 15.3 Å². The second-order valence-corrected chi connectivity index (χ2v) is 6.34. The Bertz CT molecular complexity index is 514. The summed E-state index contributed by atoms with van der Waals surface area (Å²) in [5.41, 5.74) is 1.85. The average molecular weight is 309 g/mol. The maximum atomic E-state index is 12.2. The highest BCUT2D eigenvalue weighted by Gasteiger charge is 2.36. The fourth-order valence-corrected chi connectivity index (χ4v) is 2.29. The summed E-state index contributed by atoms with van der Waals surface area (Å²) in [5.74, 6) is 6.08. The molecule has 1 aliphatic rings. The van der Waals surface area contributed by atoms with Crippen molar-refractivity contribution in [2.45, 2.75) is 51.9 Å². The lowest BCUT2D eigenvalue weighted by Crippen LogP contribution is -2.39. The lowest BCUT2D eigenvalue weighted by molar-refractivity contribution is 0.0224. The molecule has 1 amide bonds. The van der Waals surface area contributed by atoms with Crippen LogP contribution in [0.15, 0.2) is 12.4 Å². The number of carbonyl (C=O) groups excluding carboxylic acids is 1. The fourth-order valence-electron chi connectivity index (χ4n) is 2.29. The van der Waals surface area contributed by atoms with Crippen molar-refractivity contribution >= 4 is 12.0 Å². The zero-order valence-corrected chi connectivity index (χ0v) is 13.4. The number of nitrogens with zero attached hydrogens (tertiary/aromatic N) is 3. The van der Waals surface area contributed by atoms with Crippen LogP contribution >= 0.6 is 0 Å². The molecule has 8 heteroatoms. The molecular weight excluding hydrogens is 286 g/mol. The minimum atomic E-state index is -0.505. The Balaban J connectivity index is 1.93. The Kier molecular flexibility index (Phi) is 4.70. The predicted molar refractivity (Wildman–Crippen MR) is 81.3 cm³/mol. The van der Waals surface area contributed by atoms with Gasteiger partial charge in [-0.2, -0.15) is 0 Å². The van der Waals surface area contributed by atoms with Crippen molar-refractivity contribution in [3.8, 4) is 5.75 Å². The third kappa shape index (κ3) is 4.20. The molecule has 0 aliphatic carbocycles. The van der Waals surface area contributed by atoms with Crippen LogP contribution < -0.4 is 16.0 Å². The van der Waals surface area contributed by atoms with Crippen molar-refractivity contribution in [2.24, 2.45) is 5.84 Å². The summed E-state index contributed by atoms with van der Waals surface area (Å²) in [5, 5.41) is 0. The van der Waals surface area contributed by atoms with E-state index in [9.17, 15) is 4.79 Å². The van der Waals surface area contributed by atoms with E-state index in [1.165, 1.54) is 0 Å². The average Bonchev–Trinajstić information content (AvgIpc) is 2.79. The van der Waals surface area contributed by atoms with Crippen LogP contribution in [0, 0.1) is 0 Å². The fraction of sp³-hybridized carbons (Fsp3) is 0.643. The number of ether oxygens (including phenoxy) is 2. The highest BCUT2D eigenvalue weighted by molar-refractivity contribution is 5.69. The number of nitrogens with one attached hydrogen (secondary N) is 1. The first kappa shape index (κ1) is 16.3. The molecule has 2 heterocycles. The molecule has 2 atom stereocenters. The lowest BCUT2D eigenvalue weighted by atomic mass is 10.2. The van der Waals surface area contributed by atoms with E-state index in [-0.39, 0.29) is 18.2 Å². The second kappa shape index (κ2) is 6.35. The molecule has 2 unspecified atom stereocenters. The normalized spacial score (nSPS) is 21.6. The van der Waals surface area contributed by atoms with Crippen molar-refractivity contribution in [3.05, 3.63) is 12.4 Å². The number of amides is 1. The van der Waals surface area contributed by atoms with Crippen LogP contribution in [-0.2, 0) is 4.74 Å². The molecule has 0 saturated carbocycles. The van der Waals surface area contributed by atoms with Crippen molar-refractivity contribution in [3.63, 3.8) is 0 Å². The summed E-state index contributed by atoms with van der Waals surface area (Å²) in [4.78, 5) is 21.8. The van der Waals surface area contributed by atoms with Gasteiger partial charge < -0.3 is 14.4 Å². The first-order valence-corrected chi connectivity index (χ1v) is 7.23. The van der Waals surface area contributed by atoms with Gasteiger partial charge >= 0.3 is 6.09 Å². The molecule has 1 aromatic heterocycles. The number of rotatable bonds is 3. The molecule has 122 valence electrons. The summed E-state index contributed by atoms with van der Waals surface area (Å²) in [6.07, 6.45) is 3.40. The molecule has 1 fully saturated rings. The minimum Gasteiger partial charge on any atom is -0.485 e. The number of nitrogens with two attached hydrogens (primary N) is 1. The maximum Gasteiger partial charge on any atom is 0.410 e. The molecule has 0 aromatic carbocycles. The van der Waals surface area contributed by atoms with Gasteiger partial charge in [-0.15, -0.1) is 0 Å². The third-order valence-electron chi connectivity index (χ3n) is 3.22. The maximum absolute atomic E-state index is 12.2. The van der Waals surface area contributed by atoms with Gasteiger partial charge in [0, 0.05) is 12.5 Å². The molecule has 3 N–H and O–H groups in total. The summed E-state index contributed by atoms with van der Waals surface area (Å²) < 4.78 is 11.2. The van der Waals surface area contributed by atoms with Crippen LogP contribution in [0.1, 0.15) is 34.1 Å².